The number of nitrogens with zero attached hydrogens (tertiary/aromatic N) is 2. The lowest BCUT2D eigenvalue weighted by Gasteiger charge is -2.23. The lowest BCUT2D eigenvalue weighted by molar-refractivity contribution is -0.132. The van der Waals surface area contributed by atoms with E-state index >= 15 is 0 Å². The SMILES string of the molecule is CCOc1ccc([C@@H]2/C(=C(\O)c3ccc(OC)c(OC)c3)C(=O)C(=O)N2c2cc(C)on2)cc1. The van der Waals surface area contributed by atoms with E-state index in [0.717, 1.165) is 0 Å². The van der Waals surface area contributed by atoms with Crippen molar-refractivity contribution in [2.75, 3.05) is 25.7 Å². The summed E-state index contributed by atoms with van der Waals surface area (Å²) >= 11 is 0. The molecule has 176 valence electrons. The number of amides is 1. The highest BCUT2D eigenvalue weighted by Crippen LogP contribution is 2.43. The van der Waals surface area contributed by atoms with E-state index in [4.69, 9.17) is 18.7 Å². The van der Waals surface area contributed by atoms with E-state index in [-0.39, 0.29) is 17.2 Å². The van der Waals surface area contributed by atoms with Crippen molar-refractivity contribution in [3.05, 3.63) is 71.0 Å². The van der Waals surface area contributed by atoms with Crippen molar-refractivity contribution in [2.24, 2.45) is 0 Å². The predicted octanol–water partition coefficient (Wildman–Crippen LogP) is 4.03. The Hall–Kier alpha value is -4.27. The first kappa shape index (κ1) is 22.9. The molecular weight excluding hydrogens is 440 g/mol. The number of ether oxygens (including phenoxy) is 3. The van der Waals surface area contributed by atoms with Crippen molar-refractivity contribution in [2.45, 2.75) is 19.9 Å². The van der Waals surface area contributed by atoms with E-state index in [9.17, 15) is 14.7 Å². The second kappa shape index (κ2) is 9.30. The van der Waals surface area contributed by atoms with Gasteiger partial charge in [-0.3, -0.25) is 14.5 Å². The maximum Gasteiger partial charge on any atom is 0.301 e. The fraction of sp³-hybridized carbons (Fsp3) is 0.240. The van der Waals surface area contributed by atoms with Crippen molar-refractivity contribution >= 4 is 23.3 Å². The Kier molecular flexibility index (Phi) is 6.27. The van der Waals surface area contributed by atoms with Gasteiger partial charge in [0.2, 0.25) is 0 Å². The third-order valence-corrected chi connectivity index (χ3v) is 5.47. The number of anilines is 1. The average Bonchev–Trinajstić information content (AvgIpc) is 3.39. The molecular formula is C25H24N2O7. The summed E-state index contributed by atoms with van der Waals surface area (Å²) in [6.07, 6.45) is 0. The number of hydrogen-bond donors (Lipinski definition) is 1. The van der Waals surface area contributed by atoms with Crippen LogP contribution in [0.15, 0.2) is 58.6 Å². The summed E-state index contributed by atoms with van der Waals surface area (Å²) < 4.78 is 21.2. The number of hydrogen-bond acceptors (Lipinski definition) is 8. The lowest BCUT2D eigenvalue weighted by Crippen LogP contribution is -2.29. The molecule has 0 saturated carbocycles. The summed E-state index contributed by atoms with van der Waals surface area (Å²) in [4.78, 5) is 27.5. The van der Waals surface area contributed by atoms with Gasteiger partial charge in [-0.1, -0.05) is 17.3 Å². The minimum Gasteiger partial charge on any atom is -0.507 e. The third-order valence-electron chi connectivity index (χ3n) is 5.47. The highest BCUT2D eigenvalue weighted by atomic mass is 16.5. The van der Waals surface area contributed by atoms with Crippen LogP contribution in [0.2, 0.25) is 0 Å². The first-order chi connectivity index (χ1) is 16.4. The van der Waals surface area contributed by atoms with E-state index < -0.39 is 17.7 Å². The van der Waals surface area contributed by atoms with Crippen molar-refractivity contribution in [1.82, 2.24) is 5.16 Å². The van der Waals surface area contributed by atoms with Crippen LogP contribution in [-0.2, 0) is 9.59 Å². The molecule has 1 aromatic heterocycles. The molecule has 1 fully saturated rings. The molecule has 9 heteroatoms. The number of aromatic nitrogens is 1. The van der Waals surface area contributed by atoms with Gasteiger partial charge in [-0.25, -0.2) is 0 Å². The number of aliphatic hydroxyl groups excluding tert-OH is 1. The molecule has 0 bridgehead atoms. The normalized spacial score (nSPS) is 17.2. The summed E-state index contributed by atoms with van der Waals surface area (Å²) in [5.74, 6) is 0.0977. The first-order valence-corrected chi connectivity index (χ1v) is 10.6. The summed E-state index contributed by atoms with van der Waals surface area (Å²) in [5, 5.41) is 15.2. The fourth-order valence-electron chi connectivity index (χ4n) is 3.90. The number of carbonyl (C=O) groups excluding carboxylic acids is 2. The molecule has 4 rings (SSSR count). The van der Waals surface area contributed by atoms with Crippen molar-refractivity contribution in [1.29, 1.82) is 0 Å². The van der Waals surface area contributed by atoms with Crippen LogP contribution in [0.5, 0.6) is 17.2 Å². The number of rotatable bonds is 7. The molecule has 2 heterocycles. The minimum absolute atomic E-state index is 0.0815. The number of ketones is 1. The highest BCUT2D eigenvalue weighted by molar-refractivity contribution is 6.51. The van der Waals surface area contributed by atoms with Crippen LogP contribution >= 0.6 is 0 Å². The standard InChI is InChI=1S/C25H24N2O7/c1-5-33-17-9-6-15(7-10-17)22-21(23(28)16-8-11-18(31-3)19(13-16)32-4)24(29)25(30)27(22)20-12-14(2)34-26-20/h6-13,22,28H,5H2,1-4H3/b23-21+/t22-/m1/s1. The van der Waals surface area contributed by atoms with Crippen LogP contribution in [-0.4, -0.2) is 42.8 Å². The van der Waals surface area contributed by atoms with E-state index in [1.165, 1.54) is 25.2 Å². The maximum atomic E-state index is 13.2. The minimum atomic E-state index is -0.937. The lowest BCUT2D eigenvalue weighted by atomic mass is 9.95. The van der Waals surface area contributed by atoms with Crippen molar-refractivity contribution in [3.8, 4) is 17.2 Å². The zero-order chi connectivity index (χ0) is 24.4. The van der Waals surface area contributed by atoms with Gasteiger partial charge in [-0.15, -0.1) is 0 Å². The van der Waals surface area contributed by atoms with Gasteiger partial charge in [0.25, 0.3) is 5.78 Å². The van der Waals surface area contributed by atoms with Gasteiger partial charge in [-0.05, 0) is 49.7 Å². The molecule has 34 heavy (non-hydrogen) atoms. The monoisotopic (exact) mass is 464 g/mol. The fourth-order valence-corrected chi connectivity index (χ4v) is 3.90. The van der Waals surface area contributed by atoms with Gasteiger partial charge in [0, 0.05) is 11.6 Å². The second-order valence-electron chi connectivity index (χ2n) is 7.54. The van der Waals surface area contributed by atoms with Gasteiger partial charge < -0.3 is 23.8 Å². The van der Waals surface area contributed by atoms with Gasteiger partial charge >= 0.3 is 5.91 Å². The molecule has 1 atom stereocenters. The predicted molar refractivity (Wildman–Crippen MR) is 123 cm³/mol. The Morgan fingerprint density at radius 2 is 1.76 bits per heavy atom. The van der Waals surface area contributed by atoms with Crippen LogP contribution in [0.4, 0.5) is 5.82 Å². The maximum absolute atomic E-state index is 13.2. The summed E-state index contributed by atoms with van der Waals surface area (Å²) in [6, 6.07) is 12.3. The number of aliphatic hydroxyl groups is 1. The molecule has 1 aliphatic heterocycles. The van der Waals surface area contributed by atoms with Crippen LogP contribution < -0.4 is 19.1 Å². The molecule has 0 aliphatic carbocycles. The molecule has 1 amide bonds. The molecule has 9 nitrogen and oxygen atoms in total. The number of Topliss-reactive ketones (excluding diaryl/α,β-unsaturated/α-hetero) is 1. The molecule has 2 aromatic carbocycles. The van der Waals surface area contributed by atoms with E-state index in [1.807, 2.05) is 6.92 Å². The Labute approximate surface area is 196 Å². The molecule has 1 aliphatic rings. The summed E-state index contributed by atoms with van der Waals surface area (Å²) in [6.45, 7) is 4.05. The van der Waals surface area contributed by atoms with Crippen LogP contribution in [0, 0.1) is 6.92 Å². The van der Waals surface area contributed by atoms with E-state index in [0.29, 0.717) is 40.7 Å². The van der Waals surface area contributed by atoms with E-state index in [2.05, 4.69) is 5.16 Å². The average molecular weight is 464 g/mol. The molecule has 0 spiro atoms. The molecule has 1 N–H and O–H groups in total. The molecule has 3 aromatic rings. The summed E-state index contributed by atoms with van der Waals surface area (Å²) in [5.41, 5.74) is 0.801. The summed E-state index contributed by atoms with van der Waals surface area (Å²) in [7, 11) is 2.96. The van der Waals surface area contributed by atoms with Gasteiger partial charge in [0.1, 0.15) is 17.3 Å². The topological polar surface area (TPSA) is 111 Å². The number of carbonyl (C=O) groups is 2. The number of methoxy groups -OCH3 is 2. The molecule has 0 unspecified atom stereocenters. The zero-order valence-electron chi connectivity index (χ0n) is 19.2. The zero-order valence-corrected chi connectivity index (χ0v) is 19.2. The van der Waals surface area contributed by atoms with Crippen molar-refractivity contribution in [3.63, 3.8) is 0 Å². The number of aryl methyl sites for hydroxylation is 1. The van der Waals surface area contributed by atoms with Gasteiger partial charge in [0.15, 0.2) is 17.3 Å². The van der Waals surface area contributed by atoms with Crippen LogP contribution in [0.3, 0.4) is 0 Å². The van der Waals surface area contributed by atoms with Gasteiger partial charge in [-0.2, -0.15) is 0 Å². The first-order valence-electron chi connectivity index (χ1n) is 10.6. The van der Waals surface area contributed by atoms with Gasteiger partial charge in [0.05, 0.1) is 32.4 Å². The van der Waals surface area contributed by atoms with Crippen LogP contribution in [0.25, 0.3) is 5.76 Å². The third kappa shape index (κ3) is 3.96. The second-order valence-corrected chi connectivity index (χ2v) is 7.54. The Morgan fingerprint density at radius 3 is 2.35 bits per heavy atom. The Bertz CT molecular complexity index is 1260. The van der Waals surface area contributed by atoms with Crippen molar-refractivity contribution < 1.29 is 33.4 Å². The molecule has 0 radical (unpaired) electrons. The smallest absolute Gasteiger partial charge is 0.301 e. The largest absolute Gasteiger partial charge is 0.507 e. The molecule has 1 saturated heterocycles. The Morgan fingerprint density at radius 1 is 1.06 bits per heavy atom. The highest BCUT2D eigenvalue weighted by Gasteiger charge is 2.48. The number of benzene rings is 2. The Balaban J connectivity index is 1.90. The quantitative estimate of drug-likeness (QED) is 0.317. The van der Waals surface area contributed by atoms with E-state index in [1.54, 1.807) is 49.4 Å². The van der Waals surface area contributed by atoms with Crippen LogP contribution in [0.1, 0.15) is 29.9 Å².